The van der Waals surface area contributed by atoms with E-state index in [1.165, 1.54) is 17.8 Å². The number of benzene rings is 1. The Morgan fingerprint density at radius 3 is 2.67 bits per heavy atom. The molecule has 5 nitrogen and oxygen atoms in total. The van der Waals surface area contributed by atoms with E-state index < -0.39 is 0 Å². The highest BCUT2D eigenvalue weighted by Crippen LogP contribution is 2.16. The zero-order valence-electron chi connectivity index (χ0n) is 11.9. The average molecular weight is 304 g/mol. The zero-order valence-corrected chi connectivity index (χ0v) is 12.7. The number of thioether (sulfide) groups is 1. The summed E-state index contributed by atoms with van der Waals surface area (Å²) < 4.78 is 5.33. The molecule has 0 spiro atoms. The number of nitrogens with one attached hydrogen (secondary N) is 1. The van der Waals surface area contributed by atoms with E-state index >= 15 is 0 Å². The second kappa shape index (κ2) is 7.08. The monoisotopic (exact) mass is 304 g/mol. The van der Waals surface area contributed by atoms with Crippen LogP contribution < -0.4 is 10.3 Å². The molecule has 1 heterocycles. The van der Waals surface area contributed by atoms with Gasteiger partial charge < -0.3 is 9.72 Å². The highest BCUT2D eigenvalue weighted by atomic mass is 32.2. The third kappa shape index (κ3) is 4.46. The largest absolute Gasteiger partial charge is 0.494 e. The fourth-order valence-corrected chi connectivity index (χ4v) is 2.56. The summed E-state index contributed by atoms with van der Waals surface area (Å²) in [6.45, 7) is 4.24. The molecule has 0 fully saturated rings. The molecule has 0 aliphatic carbocycles. The molecule has 0 radical (unpaired) electrons. The third-order valence-corrected chi connectivity index (χ3v) is 3.55. The Hall–Kier alpha value is -2.08. The van der Waals surface area contributed by atoms with E-state index in [0.29, 0.717) is 23.0 Å². The maximum atomic E-state index is 12.1. The van der Waals surface area contributed by atoms with Gasteiger partial charge in [0.25, 0.3) is 5.56 Å². The van der Waals surface area contributed by atoms with Crippen molar-refractivity contribution in [3.05, 3.63) is 51.9 Å². The molecule has 0 unspecified atom stereocenters. The number of hydrogen-bond donors (Lipinski definition) is 1. The van der Waals surface area contributed by atoms with Crippen LogP contribution in [0.3, 0.4) is 0 Å². The van der Waals surface area contributed by atoms with E-state index in [1.54, 1.807) is 31.2 Å². The molecule has 6 heteroatoms. The topological polar surface area (TPSA) is 72.0 Å². The number of aromatic amines is 1. The van der Waals surface area contributed by atoms with Gasteiger partial charge in [0, 0.05) is 17.3 Å². The van der Waals surface area contributed by atoms with E-state index in [0.717, 1.165) is 5.75 Å². The van der Waals surface area contributed by atoms with Crippen LogP contribution in [0.15, 0.2) is 40.3 Å². The molecular formula is C15H16N2O3S. The van der Waals surface area contributed by atoms with Crippen molar-refractivity contribution in [2.75, 3.05) is 12.4 Å². The van der Waals surface area contributed by atoms with Crippen LogP contribution in [0.1, 0.15) is 23.0 Å². The molecule has 0 aliphatic heterocycles. The number of rotatable bonds is 6. The number of ketones is 1. The fraction of sp³-hybridized carbons (Fsp3) is 0.267. The summed E-state index contributed by atoms with van der Waals surface area (Å²) >= 11 is 1.22. The summed E-state index contributed by atoms with van der Waals surface area (Å²) in [5.41, 5.74) is 1.04. The average Bonchev–Trinajstić information content (AvgIpc) is 2.45. The summed E-state index contributed by atoms with van der Waals surface area (Å²) in [5.74, 6) is 0.944. The normalized spacial score (nSPS) is 10.4. The number of aryl methyl sites for hydroxylation is 1. The lowest BCUT2D eigenvalue weighted by Crippen LogP contribution is -2.10. The van der Waals surface area contributed by atoms with Crippen molar-refractivity contribution in [3.63, 3.8) is 0 Å². The summed E-state index contributed by atoms with van der Waals surface area (Å²) in [7, 11) is 0. The number of aromatic nitrogens is 2. The van der Waals surface area contributed by atoms with Crippen LogP contribution in [0.4, 0.5) is 0 Å². The molecular weight excluding hydrogens is 288 g/mol. The van der Waals surface area contributed by atoms with Gasteiger partial charge in [-0.15, -0.1) is 0 Å². The first-order valence-corrected chi connectivity index (χ1v) is 7.54. The van der Waals surface area contributed by atoms with Gasteiger partial charge in [-0.1, -0.05) is 11.8 Å². The van der Waals surface area contributed by atoms with E-state index in [1.807, 2.05) is 6.92 Å². The van der Waals surface area contributed by atoms with Crippen LogP contribution in [0.5, 0.6) is 5.75 Å². The van der Waals surface area contributed by atoms with E-state index in [2.05, 4.69) is 9.97 Å². The van der Waals surface area contributed by atoms with Gasteiger partial charge in [0.05, 0.1) is 12.4 Å². The van der Waals surface area contributed by atoms with Gasteiger partial charge in [-0.3, -0.25) is 9.59 Å². The molecule has 0 bridgehead atoms. The highest BCUT2D eigenvalue weighted by molar-refractivity contribution is 7.99. The van der Waals surface area contributed by atoms with E-state index in [9.17, 15) is 9.59 Å². The minimum absolute atomic E-state index is 0.0211. The van der Waals surface area contributed by atoms with Crippen LogP contribution in [-0.4, -0.2) is 28.1 Å². The number of carbonyl (C=O) groups is 1. The predicted molar refractivity (Wildman–Crippen MR) is 82.3 cm³/mol. The number of carbonyl (C=O) groups excluding carboxylic acids is 1. The van der Waals surface area contributed by atoms with Crippen molar-refractivity contribution in [1.82, 2.24) is 9.97 Å². The van der Waals surface area contributed by atoms with Crippen LogP contribution in [0.25, 0.3) is 0 Å². The first-order chi connectivity index (χ1) is 10.1. The summed E-state index contributed by atoms with van der Waals surface area (Å²) in [6, 6.07) is 8.43. The van der Waals surface area contributed by atoms with Crippen molar-refractivity contribution in [3.8, 4) is 5.75 Å². The van der Waals surface area contributed by atoms with Crippen LogP contribution in [0.2, 0.25) is 0 Å². The molecule has 0 aliphatic rings. The lowest BCUT2D eigenvalue weighted by molar-refractivity contribution is 0.102. The van der Waals surface area contributed by atoms with Crippen LogP contribution in [0, 0.1) is 6.92 Å². The van der Waals surface area contributed by atoms with Gasteiger partial charge >= 0.3 is 0 Å². The molecule has 0 atom stereocenters. The lowest BCUT2D eigenvalue weighted by Gasteiger charge is -2.04. The van der Waals surface area contributed by atoms with Gasteiger partial charge in [0.15, 0.2) is 10.9 Å². The maximum absolute atomic E-state index is 12.1. The molecule has 21 heavy (non-hydrogen) atoms. The highest BCUT2D eigenvalue weighted by Gasteiger charge is 2.08. The van der Waals surface area contributed by atoms with Crippen LogP contribution >= 0.6 is 11.8 Å². The molecule has 2 aromatic rings. The van der Waals surface area contributed by atoms with Gasteiger partial charge in [0.2, 0.25) is 0 Å². The van der Waals surface area contributed by atoms with Crippen molar-refractivity contribution >= 4 is 17.5 Å². The SMILES string of the molecule is CCOc1ccc(C(=O)CSc2nc(C)cc(=O)[nH]2)cc1. The third-order valence-electron chi connectivity index (χ3n) is 2.68. The van der Waals surface area contributed by atoms with E-state index in [-0.39, 0.29) is 17.1 Å². The standard InChI is InChI=1S/C15H16N2O3S/c1-3-20-12-6-4-11(5-7-12)13(18)9-21-15-16-10(2)8-14(19)17-15/h4-8H,3,9H2,1-2H3,(H,16,17,19). The van der Waals surface area contributed by atoms with Gasteiger partial charge in [0.1, 0.15) is 5.75 Å². The number of ether oxygens (including phenoxy) is 1. The number of Topliss-reactive ketones (excluding diaryl/α,β-unsaturated/α-hetero) is 1. The van der Waals surface area contributed by atoms with Crippen LogP contribution in [-0.2, 0) is 0 Å². The number of hydrogen-bond acceptors (Lipinski definition) is 5. The second-order valence-electron chi connectivity index (χ2n) is 4.36. The Labute approximate surface area is 126 Å². The minimum Gasteiger partial charge on any atom is -0.494 e. The van der Waals surface area contributed by atoms with Crippen molar-refractivity contribution < 1.29 is 9.53 Å². The van der Waals surface area contributed by atoms with Gasteiger partial charge in [-0.05, 0) is 38.1 Å². The summed E-state index contributed by atoms with van der Waals surface area (Å²) in [5, 5.41) is 0.458. The van der Waals surface area contributed by atoms with E-state index in [4.69, 9.17) is 4.74 Å². The smallest absolute Gasteiger partial charge is 0.251 e. The Morgan fingerprint density at radius 2 is 2.05 bits per heavy atom. The molecule has 0 saturated carbocycles. The van der Waals surface area contributed by atoms with Crippen molar-refractivity contribution in [2.24, 2.45) is 0 Å². The quantitative estimate of drug-likeness (QED) is 0.504. The summed E-state index contributed by atoms with van der Waals surface area (Å²) in [6.07, 6.45) is 0. The predicted octanol–water partition coefficient (Wildman–Crippen LogP) is 2.45. The first kappa shape index (κ1) is 15.3. The second-order valence-corrected chi connectivity index (χ2v) is 5.33. The van der Waals surface area contributed by atoms with Gasteiger partial charge in [-0.2, -0.15) is 0 Å². The van der Waals surface area contributed by atoms with Gasteiger partial charge in [-0.25, -0.2) is 4.98 Å². The first-order valence-electron chi connectivity index (χ1n) is 6.55. The van der Waals surface area contributed by atoms with Crippen molar-refractivity contribution in [1.29, 1.82) is 0 Å². The zero-order chi connectivity index (χ0) is 15.2. The Kier molecular flexibility index (Phi) is 5.16. The maximum Gasteiger partial charge on any atom is 0.251 e. The molecule has 0 amide bonds. The molecule has 1 N–H and O–H groups in total. The molecule has 0 saturated heterocycles. The minimum atomic E-state index is -0.210. The number of H-pyrrole nitrogens is 1. The Balaban J connectivity index is 1.99. The lowest BCUT2D eigenvalue weighted by atomic mass is 10.1. The molecule has 2 rings (SSSR count). The number of nitrogens with zero attached hydrogens (tertiary/aromatic N) is 1. The molecule has 1 aromatic carbocycles. The summed E-state index contributed by atoms with van der Waals surface area (Å²) in [4.78, 5) is 30.2. The van der Waals surface area contributed by atoms with Crippen molar-refractivity contribution in [2.45, 2.75) is 19.0 Å². The molecule has 1 aromatic heterocycles. The Morgan fingerprint density at radius 1 is 1.33 bits per heavy atom. The molecule has 110 valence electrons. The Bertz CT molecular complexity index is 680. The fourth-order valence-electron chi connectivity index (χ4n) is 1.74.